The van der Waals surface area contributed by atoms with Crippen LogP contribution in [0.4, 0.5) is 0 Å². The van der Waals surface area contributed by atoms with Gasteiger partial charge in [-0.2, -0.15) is 25.3 Å². The van der Waals surface area contributed by atoms with Crippen LogP contribution in [-0.2, 0) is 0 Å². The van der Waals surface area contributed by atoms with E-state index in [1.165, 1.54) is 0 Å². The van der Waals surface area contributed by atoms with Crippen LogP contribution in [-0.4, -0.2) is 60.1 Å². The van der Waals surface area contributed by atoms with Crippen LogP contribution in [0, 0.1) is 0 Å². The summed E-state index contributed by atoms with van der Waals surface area (Å²) in [6, 6.07) is 0. The maximum Gasteiger partial charge on any atom is 0.0935 e. The van der Waals surface area contributed by atoms with Crippen molar-refractivity contribution in [2.45, 2.75) is 12.2 Å². The van der Waals surface area contributed by atoms with Crippen LogP contribution in [0.1, 0.15) is 0 Å². The molecule has 0 aromatic rings. The Morgan fingerprint density at radius 1 is 0.857 bits per heavy atom. The third-order valence-corrected chi connectivity index (χ3v) is 2.18. The zero-order valence-electron chi connectivity index (χ0n) is 8.19. The maximum atomic E-state index is 9.45. The average molecular weight is 240 g/mol. The zero-order valence-corrected chi connectivity index (χ0v) is 9.98. The number of nitrogens with one attached hydrogen (secondary N) is 2. The molecule has 2 atom stereocenters. The van der Waals surface area contributed by atoms with Crippen molar-refractivity contribution < 1.29 is 10.2 Å². The van der Waals surface area contributed by atoms with Crippen LogP contribution in [0.15, 0.2) is 0 Å². The Morgan fingerprint density at radius 2 is 1.21 bits per heavy atom. The monoisotopic (exact) mass is 240 g/mol. The summed E-state index contributed by atoms with van der Waals surface area (Å²) < 4.78 is 0. The van der Waals surface area contributed by atoms with E-state index in [1.807, 2.05) is 0 Å². The van der Waals surface area contributed by atoms with Gasteiger partial charge in [0.1, 0.15) is 0 Å². The molecule has 0 aliphatic carbocycles. The Kier molecular flexibility index (Phi) is 10.5. The van der Waals surface area contributed by atoms with Crippen molar-refractivity contribution in [3.63, 3.8) is 0 Å². The van der Waals surface area contributed by atoms with Crippen molar-refractivity contribution in [2.75, 3.05) is 37.7 Å². The molecular weight excluding hydrogens is 220 g/mol. The molecule has 0 spiro atoms. The van der Waals surface area contributed by atoms with Gasteiger partial charge in [0.2, 0.25) is 0 Å². The Balaban J connectivity index is 3.39. The van der Waals surface area contributed by atoms with Crippen LogP contribution in [0.3, 0.4) is 0 Å². The Labute approximate surface area is 96.3 Å². The second-order valence-corrected chi connectivity index (χ2v) is 3.88. The molecule has 0 saturated heterocycles. The molecule has 4 nitrogen and oxygen atoms in total. The molecule has 0 aliphatic rings. The number of rotatable bonds is 9. The van der Waals surface area contributed by atoms with Crippen molar-refractivity contribution in [1.29, 1.82) is 0 Å². The fraction of sp³-hybridized carbons (Fsp3) is 1.00. The summed E-state index contributed by atoms with van der Waals surface area (Å²) in [4.78, 5) is 0. The van der Waals surface area contributed by atoms with Gasteiger partial charge in [0.05, 0.1) is 12.2 Å². The third kappa shape index (κ3) is 7.90. The molecule has 4 N–H and O–H groups in total. The van der Waals surface area contributed by atoms with Gasteiger partial charge in [0, 0.05) is 37.7 Å². The lowest BCUT2D eigenvalue weighted by atomic mass is 10.2. The first-order valence-corrected chi connectivity index (χ1v) is 5.98. The van der Waals surface area contributed by atoms with Gasteiger partial charge in [0.15, 0.2) is 0 Å². The van der Waals surface area contributed by atoms with Gasteiger partial charge in [-0.3, -0.25) is 0 Å². The highest BCUT2D eigenvalue weighted by atomic mass is 32.1. The Hall–Kier alpha value is 0.540. The predicted molar refractivity (Wildman–Crippen MR) is 65.5 cm³/mol. The molecule has 0 aromatic carbocycles. The number of hydrogen-bond acceptors (Lipinski definition) is 6. The van der Waals surface area contributed by atoms with E-state index in [0.29, 0.717) is 13.1 Å². The standard InChI is InChI=1S/C8H20N2O2S2/c11-7(5-9-1-3-13)8(12)6-10-2-4-14/h7-14H,1-6H2/t7-,8-/m1/s1. The Morgan fingerprint density at radius 3 is 1.50 bits per heavy atom. The molecule has 0 rings (SSSR count). The zero-order chi connectivity index (χ0) is 10.8. The van der Waals surface area contributed by atoms with E-state index < -0.39 is 12.2 Å². The van der Waals surface area contributed by atoms with E-state index in [2.05, 4.69) is 35.9 Å². The molecule has 0 aromatic heterocycles. The second-order valence-electron chi connectivity index (χ2n) is 2.99. The maximum absolute atomic E-state index is 9.45. The van der Waals surface area contributed by atoms with E-state index in [1.54, 1.807) is 0 Å². The molecule has 0 radical (unpaired) electrons. The van der Waals surface area contributed by atoms with E-state index in [4.69, 9.17) is 0 Å². The van der Waals surface area contributed by atoms with Gasteiger partial charge in [-0.15, -0.1) is 0 Å². The van der Waals surface area contributed by atoms with Crippen LogP contribution in [0.2, 0.25) is 0 Å². The van der Waals surface area contributed by atoms with Gasteiger partial charge < -0.3 is 20.8 Å². The summed E-state index contributed by atoms with van der Waals surface area (Å²) in [5, 5.41) is 24.8. The van der Waals surface area contributed by atoms with Gasteiger partial charge in [0.25, 0.3) is 0 Å². The molecule has 0 aliphatic heterocycles. The lowest BCUT2D eigenvalue weighted by Gasteiger charge is -2.18. The van der Waals surface area contributed by atoms with Gasteiger partial charge in [-0.25, -0.2) is 0 Å². The lowest BCUT2D eigenvalue weighted by molar-refractivity contribution is 0.0216. The summed E-state index contributed by atoms with van der Waals surface area (Å²) in [5.74, 6) is 1.45. The number of hydrogen-bond donors (Lipinski definition) is 6. The van der Waals surface area contributed by atoms with Gasteiger partial charge in [-0.1, -0.05) is 0 Å². The minimum absolute atomic E-state index is 0.393. The van der Waals surface area contributed by atoms with Crippen molar-refractivity contribution in [1.82, 2.24) is 10.6 Å². The Bertz CT molecular complexity index is 116. The fourth-order valence-corrected chi connectivity index (χ4v) is 1.25. The number of aliphatic hydroxyl groups excluding tert-OH is 2. The van der Waals surface area contributed by atoms with Crippen molar-refractivity contribution in [3.05, 3.63) is 0 Å². The second kappa shape index (κ2) is 10.1. The number of thiol groups is 2. The minimum Gasteiger partial charge on any atom is -0.389 e. The molecule has 0 heterocycles. The molecule has 6 heteroatoms. The molecule has 0 fully saturated rings. The van der Waals surface area contributed by atoms with E-state index in [9.17, 15) is 10.2 Å². The van der Waals surface area contributed by atoms with Crippen LogP contribution >= 0.6 is 25.3 Å². The third-order valence-electron chi connectivity index (χ3n) is 1.73. The van der Waals surface area contributed by atoms with Crippen molar-refractivity contribution >= 4 is 25.3 Å². The first kappa shape index (κ1) is 14.5. The molecular formula is C8H20N2O2S2. The largest absolute Gasteiger partial charge is 0.389 e. The predicted octanol–water partition coefficient (Wildman–Crippen LogP) is -1.25. The smallest absolute Gasteiger partial charge is 0.0935 e. The first-order chi connectivity index (χ1) is 6.72. The first-order valence-electron chi connectivity index (χ1n) is 4.71. The average Bonchev–Trinajstić information content (AvgIpc) is 2.18. The highest BCUT2D eigenvalue weighted by Gasteiger charge is 2.14. The summed E-state index contributed by atoms with van der Waals surface area (Å²) in [6.07, 6.45) is -1.47. The molecule has 0 amide bonds. The summed E-state index contributed by atoms with van der Waals surface area (Å²) >= 11 is 8.03. The lowest BCUT2D eigenvalue weighted by Crippen LogP contribution is -2.42. The highest BCUT2D eigenvalue weighted by molar-refractivity contribution is 7.80. The van der Waals surface area contributed by atoms with Crippen LogP contribution in [0.25, 0.3) is 0 Å². The van der Waals surface area contributed by atoms with E-state index in [-0.39, 0.29) is 0 Å². The molecule has 14 heavy (non-hydrogen) atoms. The topological polar surface area (TPSA) is 64.5 Å². The summed E-state index contributed by atoms with van der Waals surface area (Å²) in [5.41, 5.74) is 0. The van der Waals surface area contributed by atoms with Gasteiger partial charge in [-0.05, 0) is 0 Å². The molecule has 0 bridgehead atoms. The minimum atomic E-state index is -0.734. The summed E-state index contributed by atoms with van der Waals surface area (Å²) in [6.45, 7) is 2.25. The van der Waals surface area contributed by atoms with Crippen molar-refractivity contribution in [2.24, 2.45) is 0 Å². The SMILES string of the molecule is O[C@H](CNCCS)[C@H](O)CNCCS. The number of aliphatic hydroxyl groups is 2. The molecule has 0 unspecified atom stereocenters. The molecule has 0 saturated carbocycles. The van der Waals surface area contributed by atoms with E-state index in [0.717, 1.165) is 24.6 Å². The van der Waals surface area contributed by atoms with Crippen LogP contribution in [0.5, 0.6) is 0 Å². The van der Waals surface area contributed by atoms with Gasteiger partial charge >= 0.3 is 0 Å². The molecule has 86 valence electrons. The van der Waals surface area contributed by atoms with Crippen molar-refractivity contribution in [3.8, 4) is 0 Å². The highest BCUT2D eigenvalue weighted by Crippen LogP contribution is 1.90. The quantitative estimate of drug-likeness (QED) is 0.225. The fourth-order valence-electron chi connectivity index (χ4n) is 0.930. The van der Waals surface area contributed by atoms with E-state index >= 15 is 0 Å². The normalized spacial score (nSPS) is 15.4. The van der Waals surface area contributed by atoms with Crippen LogP contribution < -0.4 is 10.6 Å². The summed E-state index contributed by atoms with van der Waals surface area (Å²) in [7, 11) is 0.